The zero-order valence-corrected chi connectivity index (χ0v) is 43.1. The summed E-state index contributed by atoms with van der Waals surface area (Å²) in [5.41, 5.74) is 0. The minimum atomic E-state index is -4.29. The van der Waals surface area contributed by atoms with Crippen molar-refractivity contribution >= 4 is 13.8 Å². The molecule has 8 nitrogen and oxygen atoms in total. The number of phosphoric acid groups is 1. The molecule has 2 unspecified atom stereocenters. The van der Waals surface area contributed by atoms with Gasteiger partial charge in [0, 0.05) is 13.0 Å². The number of likely N-dealkylation sites (N-methyl/N-ethyl adjacent to an activating group) is 1. The Balaban J connectivity index is 4.13. The Bertz CT molecular complexity index is 1250. The number of ether oxygens (including phenoxy) is 2. The van der Waals surface area contributed by atoms with Gasteiger partial charge in [-0.05, 0) is 83.5 Å². The van der Waals surface area contributed by atoms with Crippen LogP contribution in [0.2, 0.25) is 0 Å². The Labute approximate surface area is 395 Å². The molecule has 0 amide bonds. The van der Waals surface area contributed by atoms with Crippen molar-refractivity contribution in [3.63, 3.8) is 0 Å². The normalized spacial score (nSPS) is 14.2. The fraction of sp³-hybridized carbons (Fsp3) is 0.764. The standard InChI is InChI=1S/C55H100NO7P/c1-6-8-10-12-14-16-18-20-22-24-25-26-27-28-29-30-31-32-33-35-37-39-41-43-45-47-50-60-52-54(53-62-64(58,59)61-51-49-56(3,4)5)63-55(57)48-46-44-42-40-38-36-34-23-21-19-17-15-13-11-9-7-2/h8,10,14,16,20,22-23,25-26,28-29,34,54H,6-7,9,11-13,15,17-19,21,24,27,30-33,35-53H2,1-5H3/p+1/b10-8-,16-14-,22-20-,26-25-,29-28-,34-23-. The van der Waals surface area contributed by atoms with Crippen LogP contribution in [0.3, 0.4) is 0 Å². The summed E-state index contributed by atoms with van der Waals surface area (Å²) in [6.07, 6.45) is 62.3. The summed E-state index contributed by atoms with van der Waals surface area (Å²) in [5.74, 6) is -0.324. The highest BCUT2D eigenvalue weighted by molar-refractivity contribution is 7.47. The second-order valence-corrected chi connectivity index (χ2v) is 20.0. The molecule has 9 heteroatoms. The van der Waals surface area contributed by atoms with Crippen molar-refractivity contribution in [1.29, 1.82) is 0 Å². The van der Waals surface area contributed by atoms with Crippen LogP contribution in [0.4, 0.5) is 0 Å². The van der Waals surface area contributed by atoms with E-state index in [0.29, 0.717) is 24.1 Å². The molecule has 0 bridgehead atoms. The number of unbranched alkanes of at least 4 members (excludes halogenated alkanes) is 22. The van der Waals surface area contributed by atoms with Gasteiger partial charge in [-0.25, -0.2) is 4.57 Å². The predicted molar refractivity (Wildman–Crippen MR) is 275 cm³/mol. The lowest BCUT2D eigenvalue weighted by molar-refractivity contribution is -0.870. The molecule has 0 aromatic rings. The Morgan fingerprint density at radius 2 is 0.906 bits per heavy atom. The molecular formula is C55H101NO7P+. The van der Waals surface area contributed by atoms with E-state index in [9.17, 15) is 14.3 Å². The summed E-state index contributed by atoms with van der Waals surface area (Å²) in [6, 6.07) is 0. The zero-order valence-electron chi connectivity index (χ0n) is 42.3. The van der Waals surface area contributed by atoms with E-state index in [-0.39, 0.29) is 25.8 Å². The van der Waals surface area contributed by atoms with Crippen LogP contribution in [0.1, 0.15) is 213 Å². The van der Waals surface area contributed by atoms with E-state index in [4.69, 9.17) is 18.5 Å². The fourth-order valence-electron chi connectivity index (χ4n) is 6.99. The van der Waals surface area contributed by atoms with Crippen molar-refractivity contribution in [1.82, 2.24) is 0 Å². The quantitative estimate of drug-likeness (QED) is 0.0214. The fourth-order valence-corrected chi connectivity index (χ4v) is 7.73. The molecule has 64 heavy (non-hydrogen) atoms. The molecule has 372 valence electrons. The van der Waals surface area contributed by atoms with Crippen molar-refractivity contribution in [3.8, 4) is 0 Å². The molecular weight excluding hydrogens is 818 g/mol. The number of hydrogen-bond acceptors (Lipinski definition) is 6. The van der Waals surface area contributed by atoms with Gasteiger partial charge in [-0.15, -0.1) is 0 Å². The van der Waals surface area contributed by atoms with Gasteiger partial charge in [0.2, 0.25) is 0 Å². The van der Waals surface area contributed by atoms with Crippen LogP contribution >= 0.6 is 7.82 Å². The van der Waals surface area contributed by atoms with E-state index in [1.54, 1.807) is 0 Å². The number of carbonyl (C=O) groups excluding carboxylic acids is 1. The second kappa shape index (κ2) is 47.4. The number of phosphoric ester groups is 1. The molecule has 1 N–H and O–H groups in total. The minimum absolute atomic E-state index is 0.0835. The number of nitrogens with zero attached hydrogens (tertiary/aromatic N) is 1. The van der Waals surface area contributed by atoms with Crippen molar-refractivity contribution in [2.45, 2.75) is 219 Å². The first kappa shape index (κ1) is 61.9. The molecule has 0 aromatic carbocycles. The first-order valence-electron chi connectivity index (χ1n) is 26.2. The maximum atomic E-state index is 12.7. The van der Waals surface area contributed by atoms with Crippen LogP contribution in [0.25, 0.3) is 0 Å². The van der Waals surface area contributed by atoms with Gasteiger partial charge in [0.15, 0.2) is 0 Å². The third kappa shape index (κ3) is 50.9. The topological polar surface area (TPSA) is 91.3 Å². The van der Waals surface area contributed by atoms with Crippen molar-refractivity contribution in [2.75, 3.05) is 54.1 Å². The lowest BCUT2D eigenvalue weighted by Crippen LogP contribution is -2.37. The Morgan fingerprint density at radius 3 is 1.38 bits per heavy atom. The third-order valence-electron chi connectivity index (χ3n) is 11.0. The SMILES string of the molecule is CC/C=C\C/C=C\C/C=C\C/C=C\C/C=C\CCCCCCCCCCCCOCC(COP(=O)(O)OCC[N+](C)(C)C)OC(=O)CCCCCCC/C=C\CCCCCCCCC. The summed E-state index contributed by atoms with van der Waals surface area (Å²) in [4.78, 5) is 23.0. The highest BCUT2D eigenvalue weighted by atomic mass is 31.2. The van der Waals surface area contributed by atoms with E-state index in [1.165, 1.54) is 116 Å². The number of carbonyl (C=O) groups is 1. The van der Waals surface area contributed by atoms with E-state index in [2.05, 4.69) is 86.8 Å². The van der Waals surface area contributed by atoms with Gasteiger partial charge >= 0.3 is 13.8 Å². The molecule has 0 saturated carbocycles. The lowest BCUT2D eigenvalue weighted by Gasteiger charge is -2.24. The zero-order chi connectivity index (χ0) is 46.9. The van der Waals surface area contributed by atoms with Crippen molar-refractivity contribution in [3.05, 3.63) is 72.9 Å². The van der Waals surface area contributed by atoms with Crippen LogP contribution in [-0.2, 0) is 27.9 Å². The average molecular weight is 919 g/mol. The van der Waals surface area contributed by atoms with Crippen molar-refractivity contribution in [2.24, 2.45) is 0 Å². The number of rotatable bonds is 48. The maximum absolute atomic E-state index is 12.7. The number of quaternary nitrogens is 1. The highest BCUT2D eigenvalue weighted by Crippen LogP contribution is 2.43. The van der Waals surface area contributed by atoms with Crippen LogP contribution in [0, 0.1) is 0 Å². The molecule has 0 rings (SSSR count). The Hall–Kier alpha value is -2.06. The molecule has 0 radical (unpaired) electrons. The molecule has 0 aliphatic rings. The molecule has 2 atom stereocenters. The summed E-state index contributed by atoms with van der Waals surface area (Å²) < 4.78 is 35.1. The summed E-state index contributed by atoms with van der Waals surface area (Å²) in [6.45, 7) is 5.49. The number of allylic oxidation sites excluding steroid dienone is 12. The van der Waals surface area contributed by atoms with Crippen molar-refractivity contribution < 1.29 is 37.3 Å². The first-order chi connectivity index (χ1) is 31.1. The smallest absolute Gasteiger partial charge is 0.457 e. The maximum Gasteiger partial charge on any atom is 0.472 e. The van der Waals surface area contributed by atoms with E-state index in [0.717, 1.165) is 77.0 Å². The number of hydrogen-bond donors (Lipinski definition) is 1. The molecule has 0 aliphatic heterocycles. The van der Waals surface area contributed by atoms with E-state index < -0.39 is 13.9 Å². The summed E-state index contributed by atoms with van der Waals surface area (Å²) in [7, 11) is 1.65. The molecule has 0 aromatic heterocycles. The third-order valence-corrected chi connectivity index (χ3v) is 12.0. The predicted octanol–water partition coefficient (Wildman–Crippen LogP) is 16.2. The van der Waals surface area contributed by atoms with E-state index in [1.807, 2.05) is 21.1 Å². The van der Waals surface area contributed by atoms with Gasteiger partial charge in [0.1, 0.15) is 19.3 Å². The molecule has 0 aliphatic carbocycles. The Kier molecular flexibility index (Phi) is 45.9. The van der Waals surface area contributed by atoms with Gasteiger partial charge in [-0.2, -0.15) is 0 Å². The van der Waals surface area contributed by atoms with Crippen LogP contribution < -0.4 is 0 Å². The highest BCUT2D eigenvalue weighted by Gasteiger charge is 2.26. The minimum Gasteiger partial charge on any atom is -0.457 e. The molecule has 0 heterocycles. The van der Waals surface area contributed by atoms with Gasteiger partial charge < -0.3 is 18.9 Å². The molecule has 0 spiro atoms. The molecule has 0 fully saturated rings. The van der Waals surface area contributed by atoms with Gasteiger partial charge in [-0.3, -0.25) is 13.8 Å². The lowest BCUT2D eigenvalue weighted by atomic mass is 10.1. The monoisotopic (exact) mass is 919 g/mol. The summed E-state index contributed by atoms with van der Waals surface area (Å²) >= 11 is 0. The van der Waals surface area contributed by atoms with Crippen LogP contribution in [0.15, 0.2) is 72.9 Å². The van der Waals surface area contributed by atoms with Gasteiger partial charge in [0.05, 0.1) is 34.4 Å². The van der Waals surface area contributed by atoms with E-state index >= 15 is 0 Å². The summed E-state index contributed by atoms with van der Waals surface area (Å²) in [5, 5.41) is 0. The van der Waals surface area contributed by atoms with Gasteiger partial charge in [-0.1, -0.05) is 196 Å². The molecule has 0 saturated heterocycles. The second-order valence-electron chi connectivity index (χ2n) is 18.5. The Morgan fingerprint density at radius 1 is 0.500 bits per heavy atom. The van der Waals surface area contributed by atoms with Crippen LogP contribution in [-0.4, -0.2) is 75.6 Å². The van der Waals surface area contributed by atoms with Gasteiger partial charge in [0.25, 0.3) is 0 Å². The number of esters is 1. The first-order valence-corrected chi connectivity index (χ1v) is 27.7. The average Bonchev–Trinajstić information content (AvgIpc) is 3.25. The van der Waals surface area contributed by atoms with Crippen LogP contribution in [0.5, 0.6) is 0 Å². The largest absolute Gasteiger partial charge is 0.472 e.